The molecule has 0 saturated carbocycles. The highest BCUT2D eigenvalue weighted by molar-refractivity contribution is 9.09. The van der Waals surface area contributed by atoms with Gasteiger partial charge in [-0.25, -0.2) is 0 Å². The summed E-state index contributed by atoms with van der Waals surface area (Å²) < 4.78 is 0. The fourth-order valence-corrected chi connectivity index (χ4v) is 2.96. The van der Waals surface area contributed by atoms with Crippen molar-refractivity contribution in [1.82, 2.24) is 9.80 Å². The van der Waals surface area contributed by atoms with Gasteiger partial charge in [-0.3, -0.25) is 4.90 Å². The summed E-state index contributed by atoms with van der Waals surface area (Å²) in [6, 6.07) is 0.788. The Balaban J connectivity index is 2.30. The first-order valence-corrected chi connectivity index (χ1v) is 7.88. The number of likely N-dealkylation sites (N-methyl/N-ethyl adjacent to an activating group) is 1. The van der Waals surface area contributed by atoms with E-state index in [9.17, 15) is 0 Å². The molecule has 2 nitrogen and oxygen atoms in total. The Morgan fingerprint density at radius 2 is 2.00 bits per heavy atom. The van der Waals surface area contributed by atoms with Gasteiger partial charge in [-0.15, -0.1) is 0 Å². The molecule has 0 radical (unpaired) electrons. The molecule has 96 valence electrons. The van der Waals surface area contributed by atoms with Crippen molar-refractivity contribution in [2.75, 3.05) is 38.6 Å². The van der Waals surface area contributed by atoms with Crippen molar-refractivity contribution in [2.24, 2.45) is 0 Å². The lowest BCUT2D eigenvalue weighted by molar-refractivity contribution is 0.180. The van der Waals surface area contributed by atoms with Crippen LogP contribution in [0.3, 0.4) is 0 Å². The van der Waals surface area contributed by atoms with Gasteiger partial charge in [0.05, 0.1) is 0 Å². The van der Waals surface area contributed by atoms with Crippen molar-refractivity contribution in [3.8, 4) is 0 Å². The molecule has 1 fully saturated rings. The third-order valence-electron chi connectivity index (χ3n) is 3.57. The fraction of sp³-hybridized carbons (Fsp3) is 1.00. The molecule has 0 aromatic heterocycles. The standard InChI is InChI=1S/C13H27BrN2/c1-3-13-12-15(2)9-7-11-16(13)10-6-4-5-8-14/h13H,3-12H2,1-2H3. The van der Waals surface area contributed by atoms with Crippen LogP contribution in [-0.4, -0.2) is 54.4 Å². The van der Waals surface area contributed by atoms with Crippen molar-refractivity contribution in [3.63, 3.8) is 0 Å². The Bertz CT molecular complexity index is 175. The number of unbranched alkanes of at least 4 members (excludes halogenated alkanes) is 2. The SMILES string of the molecule is CCC1CN(C)CCCN1CCCCCBr. The maximum atomic E-state index is 3.50. The minimum absolute atomic E-state index is 0.788. The molecule has 1 atom stereocenters. The molecule has 1 heterocycles. The molecule has 0 aliphatic carbocycles. The predicted octanol–water partition coefficient (Wildman–Crippen LogP) is 2.97. The highest BCUT2D eigenvalue weighted by atomic mass is 79.9. The van der Waals surface area contributed by atoms with Gasteiger partial charge in [0.25, 0.3) is 0 Å². The van der Waals surface area contributed by atoms with Crippen LogP contribution in [0.4, 0.5) is 0 Å². The van der Waals surface area contributed by atoms with E-state index >= 15 is 0 Å². The molecule has 3 heteroatoms. The Morgan fingerprint density at radius 1 is 1.19 bits per heavy atom. The van der Waals surface area contributed by atoms with E-state index in [-0.39, 0.29) is 0 Å². The van der Waals surface area contributed by atoms with Crippen LogP contribution in [0, 0.1) is 0 Å². The third-order valence-corrected chi connectivity index (χ3v) is 4.13. The summed E-state index contributed by atoms with van der Waals surface area (Å²) in [5.41, 5.74) is 0. The van der Waals surface area contributed by atoms with Crippen molar-refractivity contribution in [1.29, 1.82) is 0 Å². The van der Waals surface area contributed by atoms with Crippen molar-refractivity contribution in [2.45, 2.75) is 45.1 Å². The molecule has 1 saturated heterocycles. The molecule has 1 unspecified atom stereocenters. The Hall–Kier alpha value is 0.400. The second kappa shape index (κ2) is 8.48. The number of nitrogens with zero attached hydrogens (tertiary/aromatic N) is 2. The maximum Gasteiger partial charge on any atom is 0.0220 e. The van der Waals surface area contributed by atoms with Gasteiger partial charge < -0.3 is 4.90 Å². The third kappa shape index (κ3) is 5.15. The minimum atomic E-state index is 0.788. The van der Waals surface area contributed by atoms with Crippen molar-refractivity contribution in [3.05, 3.63) is 0 Å². The zero-order chi connectivity index (χ0) is 11.8. The molecule has 1 aliphatic heterocycles. The topological polar surface area (TPSA) is 6.48 Å². The average molecular weight is 291 g/mol. The molecule has 1 aliphatic rings. The van der Waals surface area contributed by atoms with Crippen LogP contribution in [0.5, 0.6) is 0 Å². The van der Waals surface area contributed by atoms with Crippen LogP contribution in [0.1, 0.15) is 39.0 Å². The van der Waals surface area contributed by atoms with Gasteiger partial charge in [0.15, 0.2) is 0 Å². The molecule has 16 heavy (non-hydrogen) atoms. The van der Waals surface area contributed by atoms with E-state index in [1.54, 1.807) is 0 Å². The van der Waals surface area contributed by atoms with Gasteiger partial charge in [0.2, 0.25) is 0 Å². The van der Waals surface area contributed by atoms with E-state index in [4.69, 9.17) is 0 Å². The van der Waals surface area contributed by atoms with E-state index in [0.717, 1.165) is 11.4 Å². The van der Waals surface area contributed by atoms with Gasteiger partial charge in [0.1, 0.15) is 0 Å². The van der Waals surface area contributed by atoms with Crippen LogP contribution >= 0.6 is 15.9 Å². The molecular weight excluding hydrogens is 264 g/mol. The second-order valence-electron chi connectivity index (χ2n) is 4.96. The second-order valence-corrected chi connectivity index (χ2v) is 5.76. The maximum absolute atomic E-state index is 3.50. The Morgan fingerprint density at radius 3 is 2.69 bits per heavy atom. The number of hydrogen-bond donors (Lipinski definition) is 0. The average Bonchev–Trinajstić information content (AvgIpc) is 2.46. The lowest BCUT2D eigenvalue weighted by atomic mass is 10.1. The van der Waals surface area contributed by atoms with E-state index in [2.05, 4.69) is 39.7 Å². The van der Waals surface area contributed by atoms with Gasteiger partial charge in [-0.2, -0.15) is 0 Å². The van der Waals surface area contributed by atoms with E-state index in [0.29, 0.717) is 0 Å². The normalized spacial score (nSPS) is 24.6. The molecule has 0 N–H and O–H groups in total. The molecule has 1 rings (SSSR count). The fourth-order valence-electron chi connectivity index (χ4n) is 2.56. The Kier molecular flexibility index (Phi) is 7.67. The van der Waals surface area contributed by atoms with Gasteiger partial charge in [-0.1, -0.05) is 29.3 Å². The van der Waals surface area contributed by atoms with Gasteiger partial charge >= 0.3 is 0 Å². The Labute approximate surface area is 109 Å². The number of hydrogen-bond acceptors (Lipinski definition) is 2. The van der Waals surface area contributed by atoms with E-state index in [1.807, 2.05) is 0 Å². The van der Waals surface area contributed by atoms with Crippen LogP contribution in [0.2, 0.25) is 0 Å². The summed E-state index contributed by atoms with van der Waals surface area (Å²) in [5, 5.41) is 1.16. The molecule has 0 bridgehead atoms. The van der Waals surface area contributed by atoms with Crippen LogP contribution < -0.4 is 0 Å². The first-order valence-electron chi connectivity index (χ1n) is 6.76. The summed E-state index contributed by atoms with van der Waals surface area (Å²) in [6.07, 6.45) is 6.69. The number of halogens is 1. The minimum Gasteiger partial charge on any atom is -0.305 e. The van der Waals surface area contributed by atoms with Crippen molar-refractivity contribution >= 4 is 15.9 Å². The summed E-state index contributed by atoms with van der Waals surface area (Å²) in [7, 11) is 2.26. The first kappa shape index (κ1) is 14.5. The number of alkyl halides is 1. The first-order chi connectivity index (χ1) is 7.77. The van der Waals surface area contributed by atoms with Crippen LogP contribution in [-0.2, 0) is 0 Å². The highest BCUT2D eigenvalue weighted by Crippen LogP contribution is 2.13. The van der Waals surface area contributed by atoms with Gasteiger partial charge in [-0.05, 0) is 52.4 Å². The molecular formula is C13H27BrN2. The zero-order valence-corrected chi connectivity index (χ0v) is 12.5. The summed E-state index contributed by atoms with van der Waals surface area (Å²) in [5.74, 6) is 0. The van der Waals surface area contributed by atoms with E-state index < -0.39 is 0 Å². The van der Waals surface area contributed by atoms with Crippen molar-refractivity contribution < 1.29 is 0 Å². The molecule has 0 aromatic rings. The molecule has 0 amide bonds. The van der Waals surface area contributed by atoms with E-state index in [1.165, 1.54) is 58.3 Å². The largest absolute Gasteiger partial charge is 0.305 e. The lowest BCUT2D eigenvalue weighted by Crippen LogP contribution is -2.40. The summed E-state index contributed by atoms with van der Waals surface area (Å²) >= 11 is 3.50. The monoisotopic (exact) mass is 290 g/mol. The predicted molar refractivity (Wildman–Crippen MR) is 75.4 cm³/mol. The molecule has 0 spiro atoms. The quantitative estimate of drug-likeness (QED) is 0.548. The number of rotatable bonds is 6. The van der Waals surface area contributed by atoms with Crippen LogP contribution in [0.15, 0.2) is 0 Å². The van der Waals surface area contributed by atoms with Crippen LogP contribution in [0.25, 0.3) is 0 Å². The van der Waals surface area contributed by atoms with Gasteiger partial charge in [0, 0.05) is 17.9 Å². The highest BCUT2D eigenvalue weighted by Gasteiger charge is 2.20. The summed E-state index contributed by atoms with van der Waals surface area (Å²) in [6.45, 7) is 7.47. The zero-order valence-electron chi connectivity index (χ0n) is 10.9. The summed E-state index contributed by atoms with van der Waals surface area (Å²) in [4.78, 5) is 5.21. The molecule has 0 aromatic carbocycles. The smallest absolute Gasteiger partial charge is 0.0220 e. The lowest BCUT2D eigenvalue weighted by Gasteiger charge is -2.30.